The lowest BCUT2D eigenvalue weighted by Crippen LogP contribution is -2.44. The van der Waals surface area contributed by atoms with Crippen molar-refractivity contribution in [3.63, 3.8) is 0 Å². The summed E-state index contributed by atoms with van der Waals surface area (Å²) in [6.07, 6.45) is 0. The van der Waals surface area contributed by atoms with E-state index in [1.165, 1.54) is 0 Å². The topological polar surface area (TPSA) is 15.6 Å². The fourth-order valence-corrected chi connectivity index (χ4v) is 8.20. The Morgan fingerprint density at radius 3 is 1.83 bits per heavy atom. The molecule has 0 spiro atoms. The molecule has 0 N–H and O–H groups in total. The molecule has 0 aromatic carbocycles. The van der Waals surface area contributed by atoms with Crippen LogP contribution in [0.4, 0.5) is 0 Å². The molecule has 0 aromatic rings. The van der Waals surface area contributed by atoms with Gasteiger partial charge in [0.2, 0.25) is 3.36 Å². The van der Waals surface area contributed by atoms with Crippen LogP contribution in [-0.4, -0.2) is 26.8 Å². The number of halogens is 12. The summed E-state index contributed by atoms with van der Waals surface area (Å²) in [5.41, 5.74) is 0. The monoisotopic (exact) mass is 1110 g/mol. The van der Waals surface area contributed by atoms with Crippen molar-refractivity contribution in [2.75, 3.05) is 0 Å². The van der Waals surface area contributed by atoms with Crippen LogP contribution in [0.25, 0.3) is 0 Å². The zero-order chi connectivity index (χ0) is 18.4. The van der Waals surface area contributed by atoms with Gasteiger partial charge < -0.3 is 0 Å². The second kappa shape index (κ2) is 10.1. The number of thioether (sulfide) groups is 1. The standard InChI is InChI=1S/C8H2Br12N2S/c9-1(3(11)12)2(10)8(19,20)22-5(7(16,17)18)23-4(21-22)6(13,14)15/h3,5H. The van der Waals surface area contributed by atoms with Crippen molar-refractivity contribution in [2.24, 2.45) is 5.10 Å². The highest BCUT2D eigenvalue weighted by Crippen LogP contribution is 2.58. The number of hydrogen-bond acceptors (Lipinski definition) is 3. The molecule has 1 unspecified atom stereocenters. The van der Waals surface area contributed by atoms with Gasteiger partial charge in [0.15, 0.2) is 4.29 Å². The molecule has 1 aliphatic rings. The Labute approximate surface area is 239 Å². The van der Waals surface area contributed by atoms with Crippen LogP contribution in [-0.2, 0) is 0 Å². The second-order valence-electron chi connectivity index (χ2n) is 3.76. The average molecular weight is 1120 g/mol. The molecule has 1 atom stereocenters. The third-order valence-corrected chi connectivity index (χ3v) is 14.7. The Balaban J connectivity index is 3.39. The minimum atomic E-state index is -0.795. The summed E-state index contributed by atoms with van der Waals surface area (Å²) < 4.78 is -0.362. The molecule has 0 bridgehead atoms. The number of alkyl halides is 10. The van der Waals surface area contributed by atoms with E-state index in [1.807, 2.05) is 5.01 Å². The highest BCUT2D eigenvalue weighted by Gasteiger charge is 2.52. The lowest BCUT2D eigenvalue weighted by atomic mass is 10.5. The Bertz CT molecular complexity index is 518. The normalized spacial score (nSPS) is 21.7. The van der Waals surface area contributed by atoms with Crippen LogP contribution >= 0.6 is 203 Å². The molecule has 2 nitrogen and oxygen atoms in total. The van der Waals surface area contributed by atoms with E-state index in [-0.39, 0.29) is 9.11 Å². The first-order valence-electron chi connectivity index (χ1n) is 5.00. The van der Waals surface area contributed by atoms with Gasteiger partial charge >= 0.3 is 0 Å². The van der Waals surface area contributed by atoms with Gasteiger partial charge in [-0.1, -0.05) is 171 Å². The van der Waals surface area contributed by atoms with Crippen LogP contribution in [0, 0.1) is 0 Å². The van der Waals surface area contributed by atoms with Gasteiger partial charge in [0.25, 0.3) is 0 Å². The van der Waals surface area contributed by atoms with Crippen LogP contribution < -0.4 is 0 Å². The largest absolute Gasteiger partial charge is 0.248 e. The van der Waals surface area contributed by atoms with Crippen molar-refractivity contribution in [2.45, 2.75) is 16.8 Å². The van der Waals surface area contributed by atoms with Gasteiger partial charge in [-0.2, -0.15) is 5.10 Å². The van der Waals surface area contributed by atoms with Crippen molar-refractivity contribution in [3.8, 4) is 0 Å². The molecule has 0 saturated carbocycles. The molecule has 1 heterocycles. The van der Waals surface area contributed by atoms with Crippen LogP contribution in [0.5, 0.6) is 0 Å². The Morgan fingerprint density at radius 1 is 1.00 bits per heavy atom. The molecule has 0 saturated heterocycles. The predicted octanol–water partition coefficient (Wildman–Crippen LogP) is 9.91. The first-order valence-corrected chi connectivity index (χ1v) is 15.6. The van der Waals surface area contributed by atoms with E-state index >= 15 is 0 Å². The molecule has 0 aliphatic carbocycles. The predicted molar refractivity (Wildman–Crippen MR) is 147 cm³/mol. The fraction of sp³-hybridized carbons (Fsp3) is 0.625. The van der Waals surface area contributed by atoms with Gasteiger partial charge in [0.1, 0.15) is 14.2 Å². The van der Waals surface area contributed by atoms with E-state index in [9.17, 15) is 0 Å². The molecular weight excluding hydrogens is 1120 g/mol. The highest BCUT2D eigenvalue weighted by molar-refractivity contribution is 9.40. The number of hydrogen-bond donors (Lipinski definition) is 0. The molecule has 0 amide bonds. The summed E-state index contributed by atoms with van der Waals surface area (Å²) in [5, 5.41) is 7.21. The molecular formula is C8H2Br12N2S. The minimum absolute atomic E-state index is 0.0553. The average Bonchev–Trinajstić information content (AvgIpc) is 2.82. The van der Waals surface area contributed by atoms with E-state index < -0.39 is 7.64 Å². The lowest BCUT2D eigenvalue weighted by molar-refractivity contribution is 0.281. The summed E-state index contributed by atoms with van der Waals surface area (Å²) in [6.45, 7) is 0. The van der Waals surface area contributed by atoms with Crippen molar-refractivity contribution in [1.29, 1.82) is 0 Å². The van der Waals surface area contributed by atoms with Gasteiger partial charge in [-0.15, -0.1) is 0 Å². The number of hydrazone groups is 1. The summed E-state index contributed by atoms with van der Waals surface area (Å²) in [4.78, 5) is 0. The van der Waals surface area contributed by atoms with E-state index in [0.29, 0.717) is 0 Å². The quantitative estimate of drug-likeness (QED) is 0.207. The van der Waals surface area contributed by atoms with E-state index in [1.54, 1.807) is 11.8 Å². The summed E-state index contributed by atoms with van der Waals surface area (Å²) in [7, 11) is 0. The van der Waals surface area contributed by atoms with Crippen molar-refractivity contribution in [1.82, 2.24) is 5.01 Å². The highest BCUT2D eigenvalue weighted by atomic mass is 80.0. The molecule has 1 rings (SSSR count). The maximum Gasteiger partial charge on any atom is 0.200 e. The lowest BCUT2D eigenvalue weighted by Gasteiger charge is -2.38. The smallest absolute Gasteiger partial charge is 0.200 e. The van der Waals surface area contributed by atoms with Crippen LogP contribution in [0.15, 0.2) is 14.1 Å². The van der Waals surface area contributed by atoms with E-state index in [4.69, 9.17) is 5.10 Å². The van der Waals surface area contributed by atoms with Crippen LogP contribution in [0.3, 0.4) is 0 Å². The third-order valence-electron chi connectivity index (χ3n) is 2.12. The van der Waals surface area contributed by atoms with Crippen molar-refractivity contribution >= 4 is 208 Å². The minimum Gasteiger partial charge on any atom is -0.248 e. The number of rotatable bonds is 3. The van der Waals surface area contributed by atoms with E-state index in [2.05, 4.69) is 191 Å². The zero-order valence-electron chi connectivity index (χ0n) is 9.99. The molecule has 0 aromatic heterocycles. The first-order chi connectivity index (χ1) is 10.1. The molecule has 0 fully saturated rings. The molecule has 1 aliphatic heterocycles. The Morgan fingerprint density at radius 2 is 1.48 bits per heavy atom. The maximum absolute atomic E-state index is 4.71. The SMILES string of the molecule is BrC(=C(Br)C(Br)(Br)N1N=C(C(Br)(Br)Br)SC1C(Br)(Br)Br)C(Br)Br. The Hall–Kier alpha value is 5.32. The van der Waals surface area contributed by atoms with Crippen molar-refractivity contribution < 1.29 is 0 Å². The van der Waals surface area contributed by atoms with Gasteiger partial charge in [-0.25, -0.2) is 5.01 Å². The van der Waals surface area contributed by atoms with Gasteiger partial charge in [0.05, 0.1) is 4.48 Å². The van der Waals surface area contributed by atoms with Gasteiger partial charge in [-0.3, -0.25) is 0 Å². The second-order valence-corrected chi connectivity index (χ2v) is 26.6. The van der Waals surface area contributed by atoms with E-state index in [0.717, 1.165) is 14.0 Å². The Kier molecular flexibility index (Phi) is 11.6. The molecule has 23 heavy (non-hydrogen) atoms. The molecule has 134 valence electrons. The molecule has 0 radical (unpaired) electrons. The summed E-state index contributed by atoms with van der Waals surface area (Å²) in [6, 6.07) is 0. The number of nitrogens with zero attached hydrogens (tertiary/aromatic N) is 2. The summed E-state index contributed by atoms with van der Waals surface area (Å²) in [5.74, 6) is 0. The van der Waals surface area contributed by atoms with Gasteiger partial charge in [-0.05, 0) is 31.9 Å². The van der Waals surface area contributed by atoms with Crippen LogP contribution in [0.2, 0.25) is 0 Å². The van der Waals surface area contributed by atoms with Crippen molar-refractivity contribution in [3.05, 3.63) is 8.96 Å². The summed E-state index contributed by atoms with van der Waals surface area (Å²) >= 11 is 44.4. The third kappa shape index (κ3) is 7.20. The van der Waals surface area contributed by atoms with Gasteiger partial charge in [0, 0.05) is 4.48 Å². The first kappa shape index (κ1) is 26.4. The van der Waals surface area contributed by atoms with Crippen LogP contribution in [0.1, 0.15) is 0 Å². The fourth-order valence-electron chi connectivity index (χ4n) is 1.21. The molecule has 15 heteroatoms. The maximum atomic E-state index is 4.71. The number of allylic oxidation sites excluding steroid dienone is 1. The zero-order valence-corrected chi connectivity index (χ0v) is 29.8.